The maximum atomic E-state index is 10.7. The van der Waals surface area contributed by atoms with Gasteiger partial charge in [-0.2, -0.15) is 0 Å². The second-order valence-corrected chi connectivity index (χ2v) is 4.88. The fraction of sp³-hybridized carbons (Fsp3) is 0.0769. The quantitative estimate of drug-likeness (QED) is 0.617. The summed E-state index contributed by atoms with van der Waals surface area (Å²) in [6, 6.07) is 6.45. The average Bonchev–Trinajstić information content (AvgIpc) is 2.42. The van der Waals surface area contributed by atoms with Crippen LogP contribution in [0.25, 0.3) is 11.1 Å². The number of carbonyl (C=O) groups is 1. The first-order chi connectivity index (χ1) is 9.06. The lowest BCUT2D eigenvalue weighted by atomic mass is 10.1. The molecule has 6 heteroatoms. The Balaban J connectivity index is 2.64. The first-order valence-electron chi connectivity index (χ1n) is 5.22. The van der Waals surface area contributed by atoms with Gasteiger partial charge >= 0.3 is 0 Å². The fourth-order valence-corrected chi connectivity index (χ4v) is 2.26. The predicted molar refractivity (Wildman–Crippen MR) is 76.6 cm³/mol. The van der Waals surface area contributed by atoms with Gasteiger partial charge in [0.05, 0.1) is 22.2 Å². The van der Waals surface area contributed by atoms with Crippen molar-refractivity contribution in [2.24, 2.45) is 0 Å². The molecular formula is C13H8Cl3NO2. The molecule has 0 aliphatic carbocycles. The number of rotatable bonds is 3. The molecule has 1 aromatic heterocycles. The molecule has 0 saturated carbocycles. The summed E-state index contributed by atoms with van der Waals surface area (Å²) in [6.45, 7) is 0. The van der Waals surface area contributed by atoms with E-state index in [0.717, 1.165) is 0 Å². The number of aldehydes is 1. The minimum absolute atomic E-state index is 0.275. The third-order valence-corrected chi connectivity index (χ3v) is 3.53. The Hall–Kier alpha value is -1.29. The number of pyridine rings is 1. The molecule has 98 valence electrons. The average molecular weight is 317 g/mol. The van der Waals surface area contributed by atoms with Gasteiger partial charge in [0.1, 0.15) is 5.69 Å². The summed E-state index contributed by atoms with van der Waals surface area (Å²) in [5, 5.41) is 1.17. The van der Waals surface area contributed by atoms with Crippen LogP contribution in [0.2, 0.25) is 15.1 Å². The molecule has 2 aromatic rings. The van der Waals surface area contributed by atoms with E-state index in [9.17, 15) is 4.79 Å². The van der Waals surface area contributed by atoms with Crippen molar-refractivity contribution in [3.63, 3.8) is 0 Å². The Morgan fingerprint density at radius 3 is 2.37 bits per heavy atom. The Bertz CT molecular complexity index is 644. The summed E-state index contributed by atoms with van der Waals surface area (Å²) < 4.78 is 5.16. The first kappa shape index (κ1) is 14.1. The minimum atomic E-state index is 0.275. The number of aromatic nitrogens is 1. The van der Waals surface area contributed by atoms with Crippen LogP contribution >= 0.6 is 34.8 Å². The van der Waals surface area contributed by atoms with Gasteiger partial charge in [-0.3, -0.25) is 4.79 Å². The molecule has 0 unspecified atom stereocenters. The highest BCUT2D eigenvalue weighted by Gasteiger charge is 2.14. The number of methoxy groups -OCH3 is 1. The van der Waals surface area contributed by atoms with Crippen molar-refractivity contribution >= 4 is 41.1 Å². The van der Waals surface area contributed by atoms with Crippen molar-refractivity contribution in [3.05, 3.63) is 45.0 Å². The van der Waals surface area contributed by atoms with E-state index in [4.69, 9.17) is 39.5 Å². The van der Waals surface area contributed by atoms with Crippen LogP contribution in [0, 0.1) is 0 Å². The van der Waals surface area contributed by atoms with E-state index in [-0.39, 0.29) is 5.69 Å². The van der Waals surface area contributed by atoms with E-state index >= 15 is 0 Å². The van der Waals surface area contributed by atoms with E-state index in [1.54, 1.807) is 24.3 Å². The molecule has 0 spiro atoms. The maximum absolute atomic E-state index is 10.7. The van der Waals surface area contributed by atoms with Crippen LogP contribution in [0.15, 0.2) is 24.3 Å². The molecule has 0 aliphatic heterocycles. The lowest BCUT2D eigenvalue weighted by Gasteiger charge is -2.10. The van der Waals surface area contributed by atoms with Gasteiger partial charge < -0.3 is 4.74 Å². The number of ether oxygens (including phenoxy) is 1. The Morgan fingerprint density at radius 2 is 1.74 bits per heavy atom. The summed E-state index contributed by atoms with van der Waals surface area (Å²) in [6.07, 6.45) is 0.642. The van der Waals surface area contributed by atoms with Gasteiger partial charge in [0, 0.05) is 11.1 Å². The van der Waals surface area contributed by atoms with Crippen molar-refractivity contribution in [3.8, 4) is 17.0 Å². The zero-order chi connectivity index (χ0) is 14.0. The lowest BCUT2D eigenvalue weighted by Crippen LogP contribution is -1.96. The van der Waals surface area contributed by atoms with Gasteiger partial charge in [-0.15, -0.1) is 0 Å². The Labute approximate surface area is 125 Å². The highest BCUT2D eigenvalue weighted by atomic mass is 35.5. The highest BCUT2D eigenvalue weighted by molar-refractivity contribution is 6.44. The lowest BCUT2D eigenvalue weighted by molar-refractivity contribution is 0.111. The molecule has 19 heavy (non-hydrogen) atoms. The van der Waals surface area contributed by atoms with Crippen LogP contribution in [-0.4, -0.2) is 18.4 Å². The molecule has 0 saturated heterocycles. The number of nitrogens with zero attached hydrogens (tertiary/aromatic N) is 1. The predicted octanol–water partition coefficient (Wildman–Crippen LogP) is 4.53. The van der Waals surface area contributed by atoms with Crippen LogP contribution in [0.5, 0.6) is 5.88 Å². The van der Waals surface area contributed by atoms with Crippen molar-refractivity contribution in [1.29, 1.82) is 0 Å². The monoisotopic (exact) mass is 315 g/mol. The zero-order valence-electron chi connectivity index (χ0n) is 9.78. The molecular weight excluding hydrogens is 309 g/mol. The van der Waals surface area contributed by atoms with Crippen LogP contribution in [0.1, 0.15) is 10.5 Å². The smallest absolute Gasteiger partial charge is 0.221 e. The van der Waals surface area contributed by atoms with Gasteiger partial charge in [-0.25, -0.2) is 4.98 Å². The minimum Gasteiger partial charge on any atom is -0.481 e. The van der Waals surface area contributed by atoms with Crippen molar-refractivity contribution < 1.29 is 9.53 Å². The second-order valence-electron chi connectivity index (χ2n) is 3.66. The summed E-state index contributed by atoms with van der Waals surface area (Å²) in [5.41, 5.74) is 1.55. The number of halogens is 3. The van der Waals surface area contributed by atoms with Crippen molar-refractivity contribution in [2.75, 3.05) is 7.11 Å². The Kier molecular flexibility index (Phi) is 4.30. The SMILES string of the molecule is COc1nc(C=O)ccc1-c1cc(Cl)c(Cl)cc1Cl. The van der Waals surface area contributed by atoms with Crippen LogP contribution in [0.3, 0.4) is 0 Å². The van der Waals surface area contributed by atoms with Crippen molar-refractivity contribution in [1.82, 2.24) is 4.98 Å². The van der Waals surface area contributed by atoms with Crippen molar-refractivity contribution in [2.45, 2.75) is 0 Å². The third kappa shape index (κ3) is 2.84. The third-order valence-electron chi connectivity index (χ3n) is 2.50. The molecule has 3 nitrogen and oxygen atoms in total. The highest BCUT2D eigenvalue weighted by Crippen LogP contribution is 2.38. The van der Waals surface area contributed by atoms with Gasteiger partial charge in [0.15, 0.2) is 6.29 Å². The fourth-order valence-electron chi connectivity index (χ4n) is 1.61. The van der Waals surface area contributed by atoms with Crippen LogP contribution in [0.4, 0.5) is 0 Å². The maximum Gasteiger partial charge on any atom is 0.221 e. The molecule has 0 aliphatic rings. The number of hydrogen-bond acceptors (Lipinski definition) is 3. The van der Waals surface area contributed by atoms with Gasteiger partial charge in [-0.1, -0.05) is 34.8 Å². The molecule has 0 bridgehead atoms. The molecule has 0 N–H and O–H groups in total. The molecule has 0 amide bonds. The van der Waals surface area contributed by atoms with Crippen LogP contribution < -0.4 is 4.74 Å². The number of hydrogen-bond donors (Lipinski definition) is 0. The molecule has 0 radical (unpaired) electrons. The molecule has 1 aromatic carbocycles. The molecule has 1 heterocycles. The first-order valence-corrected chi connectivity index (χ1v) is 6.35. The largest absolute Gasteiger partial charge is 0.481 e. The summed E-state index contributed by atoms with van der Waals surface area (Å²) in [4.78, 5) is 14.8. The normalized spacial score (nSPS) is 10.3. The summed E-state index contributed by atoms with van der Waals surface area (Å²) in [5.74, 6) is 0.296. The van der Waals surface area contributed by atoms with E-state index in [1.165, 1.54) is 7.11 Å². The van der Waals surface area contributed by atoms with E-state index < -0.39 is 0 Å². The summed E-state index contributed by atoms with van der Waals surface area (Å²) >= 11 is 18.0. The van der Waals surface area contributed by atoms with E-state index in [0.29, 0.717) is 38.4 Å². The second kappa shape index (κ2) is 5.78. The van der Waals surface area contributed by atoms with E-state index in [2.05, 4.69) is 4.98 Å². The standard InChI is InChI=1S/C13H8Cl3NO2/c1-19-13-8(3-2-7(6-18)17-13)9-4-11(15)12(16)5-10(9)14/h2-6H,1H3. The molecule has 0 fully saturated rings. The van der Waals surface area contributed by atoms with Gasteiger partial charge in [0.25, 0.3) is 0 Å². The number of carbonyl (C=O) groups excluding carboxylic acids is 1. The van der Waals surface area contributed by atoms with Crippen LogP contribution in [-0.2, 0) is 0 Å². The van der Waals surface area contributed by atoms with Gasteiger partial charge in [0.2, 0.25) is 5.88 Å². The molecule has 2 rings (SSSR count). The van der Waals surface area contributed by atoms with E-state index in [1.807, 2.05) is 0 Å². The number of benzene rings is 1. The topological polar surface area (TPSA) is 39.2 Å². The molecule has 0 atom stereocenters. The zero-order valence-corrected chi connectivity index (χ0v) is 12.1. The Morgan fingerprint density at radius 1 is 1.05 bits per heavy atom. The van der Waals surface area contributed by atoms with Gasteiger partial charge in [-0.05, 0) is 24.3 Å². The summed E-state index contributed by atoms with van der Waals surface area (Å²) in [7, 11) is 1.46.